The molecule has 2 N–H and O–H groups in total. The molecule has 2 aliphatic rings. The second-order valence-corrected chi connectivity index (χ2v) is 15.0. The number of fused-ring (bicyclic) bond motifs is 1. The number of ether oxygens (including phenoxy) is 3. The Bertz CT molecular complexity index is 2130. The zero-order chi connectivity index (χ0) is 40.3. The zero-order valence-electron chi connectivity index (χ0n) is 30.1. The van der Waals surface area contributed by atoms with Gasteiger partial charge in [-0.1, -0.05) is 30.3 Å². The number of morpholine rings is 1. The van der Waals surface area contributed by atoms with Crippen molar-refractivity contribution in [3.63, 3.8) is 0 Å². The van der Waals surface area contributed by atoms with Gasteiger partial charge in [-0.05, 0) is 68.1 Å². The normalized spacial score (nSPS) is 16.9. The molecule has 11 nitrogen and oxygen atoms in total. The number of thiophene rings is 1. The summed E-state index contributed by atoms with van der Waals surface area (Å²) in [6.45, 7) is 5.69. The zero-order valence-corrected chi connectivity index (χ0v) is 30.9. The van der Waals surface area contributed by atoms with Gasteiger partial charge in [-0.25, -0.2) is 9.59 Å². The number of esters is 2. The first-order valence-corrected chi connectivity index (χ1v) is 18.5. The first-order valence-electron chi connectivity index (χ1n) is 17.7. The van der Waals surface area contributed by atoms with E-state index >= 15 is 0 Å². The van der Waals surface area contributed by atoms with Crippen molar-refractivity contribution in [3.8, 4) is 5.75 Å². The van der Waals surface area contributed by atoms with Gasteiger partial charge in [-0.2, -0.15) is 26.3 Å². The third kappa shape index (κ3) is 9.96. The fraction of sp³-hybridized carbons (Fsp3) is 0.421. The molecule has 300 valence electrons. The van der Waals surface area contributed by atoms with Gasteiger partial charge in [0, 0.05) is 54.6 Å². The molecule has 2 saturated heterocycles. The molecule has 4 aromatic rings. The Morgan fingerprint density at radius 2 is 1.68 bits per heavy atom. The highest BCUT2D eigenvalue weighted by Gasteiger charge is 2.44. The van der Waals surface area contributed by atoms with Crippen molar-refractivity contribution in [1.29, 1.82) is 0 Å². The van der Waals surface area contributed by atoms with Gasteiger partial charge < -0.3 is 29.4 Å². The van der Waals surface area contributed by atoms with E-state index in [4.69, 9.17) is 9.47 Å². The lowest BCUT2D eigenvalue weighted by Crippen LogP contribution is -2.57. The van der Waals surface area contributed by atoms with Crippen LogP contribution < -0.4 is 15.6 Å². The third-order valence-corrected chi connectivity index (χ3v) is 10.7. The number of rotatable bonds is 11. The summed E-state index contributed by atoms with van der Waals surface area (Å²) < 4.78 is 94.1. The Kier molecular flexibility index (Phi) is 12.2. The van der Waals surface area contributed by atoms with Gasteiger partial charge in [0.25, 0.3) is 5.91 Å². The van der Waals surface area contributed by atoms with Crippen LogP contribution in [-0.4, -0.2) is 96.5 Å². The van der Waals surface area contributed by atoms with E-state index in [0.29, 0.717) is 32.7 Å². The van der Waals surface area contributed by atoms with E-state index in [2.05, 4.69) is 19.9 Å². The van der Waals surface area contributed by atoms with Crippen LogP contribution in [0.2, 0.25) is 0 Å². The molecule has 6 rings (SSSR count). The summed E-state index contributed by atoms with van der Waals surface area (Å²) in [7, 11) is 0. The molecule has 1 amide bonds. The fourth-order valence-electron chi connectivity index (χ4n) is 6.93. The van der Waals surface area contributed by atoms with E-state index in [-0.39, 0.29) is 35.5 Å². The first kappa shape index (κ1) is 40.9. The number of hydrogen-bond donors (Lipinski definition) is 2. The van der Waals surface area contributed by atoms with E-state index in [9.17, 15) is 45.5 Å². The monoisotopic (exact) mass is 808 g/mol. The highest BCUT2D eigenvalue weighted by Crippen LogP contribution is 2.35. The number of H-pyrrole nitrogens is 1. The van der Waals surface area contributed by atoms with E-state index in [1.54, 1.807) is 0 Å². The molecule has 1 spiro atoms. The van der Waals surface area contributed by atoms with Crippen LogP contribution in [-0.2, 0) is 32.0 Å². The molecule has 2 aromatic heterocycles. The molecule has 0 saturated carbocycles. The number of carbonyl (C=O) groups excluding carboxylic acids is 3. The van der Waals surface area contributed by atoms with E-state index in [1.165, 1.54) is 11.3 Å². The average molecular weight is 809 g/mol. The van der Waals surface area contributed by atoms with Crippen LogP contribution in [0.3, 0.4) is 0 Å². The van der Waals surface area contributed by atoms with E-state index in [0.717, 1.165) is 71.1 Å². The minimum atomic E-state index is -5.37. The Morgan fingerprint density at radius 1 is 0.946 bits per heavy atom. The van der Waals surface area contributed by atoms with E-state index in [1.807, 2.05) is 48.2 Å². The summed E-state index contributed by atoms with van der Waals surface area (Å²) >= 11 is 1.49. The van der Waals surface area contributed by atoms with Crippen molar-refractivity contribution in [1.82, 2.24) is 20.1 Å². The summed E-state index contributed by atoms with van der Waals surface area (Å²) in [5, 5.41) is 2.88. The Hall–Kier alpha value is -4.78. The van der Waals surface area contributed by atoms with Crippen molar-refractivity contribution in [3.05, 3.63) is 97.5 Å². The fourth-order valence-corrected chi connectivity index (χ4v) is 7.77. The third-order valence-electron chi connectivity index (χ3n) is 9.72. The Morgan fingerprint density at radius 3 is 2.38 bits per heavy atom. The van der Waals surface area contributed by atoms with E-state index < -0.39 is 47.2 Å². The van der Waals surface area contributed by atoms with Crippen molar-refractivity contribution in [2.24, 2.45) is 0 Å². The maximum Gasteiger partial charge on any atom is 0.491 e. The summed E-state index contributed by atoms with van der Waals surface area (Å²) in [4.78, 5) is 56.9. The number of alkyl halides is 6. The van der Waals surface area contributed by atoms with Gasteiger partial charge in [0.1, 0.15) is 6.10 Å². The lowest BCUT2D eigenvalue weighted by atomic mass is 9.89. The molecule has 2 aliphatic heterocycles. The topological polar surface area (TPSA) is 130 Å². The Labute approximate surface area is 320 Å². The number of amides is 1. The summed E-state index contributed by atoms with van der Waals surface area (Å²) in [6.07, 6.45) is -10.3. The molecule has 1 atom stereocenters. The molecular formula is C38H38F6N4O7S. The van der Waals surface area contributed by atoms with Crippen LogP contribution in [0, 0.1) is 6.92 Å². The second kappa shape index (κ2) is 16.8. The number of nitrogens with zero attached hydrogens (tertiary/aromatic N) is 2. The SMILES string of the molecule is Cc1ccc(C(=O)N2CCOC3(CCN(Cc4cccc(CCNC[C@H](OC(=O)C(F)(F)F)c5ccc(OC(=O)C(F)(F)F)c6[nH]c(=O)ccc56)c4)CC3)C2)s1. The number of hydrogen-bond acceptors (Lipinski definition) is 10. The minimum absolute atomic E-state index is 0.0363. The van der Waals surface area contributed by atoms with Crippen LogP contribution >= 0.6 is 11.3 Å². The lowest BCUT2D eigenvalue weighted by Gasteiger charge is -2.47. The first-order chi connectivity index (χ1) is 26.5. The molecule has 0 radical (unpaired) electrons. The maximum absolute atomic E-state index is 13.3. The predicted octanol–water partition coefficient (Wildman–Crippen LogP) is 5.85. The van der Waals surface area contributed by atoms with Crippen LogP contribution in [0.25, 0.3) is 10.9 Å². The number of aromatic amines is 1. The molecule has 0 aliphatic carbocycles. The predicted molar refractivity (Wildman–Crippen MR) is 192 cm³/mol. The van der Waals surface area contributed by atoms with Crippen molar-refractivity contribution < 1.29 is 54.9 Å². The number of pyridine rings is 1. The molecule has 18 heteroatoms. The van der Waals surface area contributed by atoms with Crippen LogP contribution in [0.4, 0.5) is 26.3 Å². The summed E-state index contributed by atoms with van der Waals surface area (Å²) in [6, 6.07) is 15.7. The molecule has 4 heterocycles. The second-order valence-electron chi connectivity index (χ2n) is 13.8. The molecule has 0 unspecified atom stereocenters. The van der Waals surface area contributed by atoms with Crippen LogP contribution in [0.15, 0.2) is 65.5 Å². The number of piperidine rings is 1. The lowest BCUT2D eigenvalue weighted by molar-refractivity contribution is -0.205. The number of likely N-dealkylation sites (tertiary alicyclic amines) is 1. The van der Waals surface area contributed by atoms with Gasteiger partial charge in [0.15, 0.2) is 5.75 Å². The number of nitrogens with one attached hydrogen (secondary N) is 2. The van der Waals surface area contributed by atoms with Crippen molar-refractivity contribution in [2.45, 2.75) is 56.8 Å². The molecular weight excluding hydrogens is 770 g/mol. The number of aryl methyl sites for hydroxylation is 1. The largest absolute Gasteiger partial charge is 0.491 e. The quantitative estimate of drug-likeness (QED) is 0.0830. The minimum Gasteiger partial charge on any atom is -0.449 e. The Balaban J connectivity index is 1.07. The smallest absolute Gasteiger partial charge is 0.449 e. The van der Waals surface area contributed by atoms with Gasteiger partial charge >= 0.3 is 24.3 Å². The number of aromatic nitrogens is 1. The molecule has 2 aromatic carbocycles. The maximum atomic E-state index is 13.3. The number of halogens is 6. The standard InChI is InChI=1S/C38H38F6N4O7S/c1-23-5-9-30(56-23)33(50)48-17-18-53-36(22-48)12-15-47(16-13-36)21-25-4-2-3-24(19-25)11-14-45-20-29(55-35(52)38(42,43)44)26-6-8-28(54-34(51)37(39,40)41)32-27(26)7-10-31(49)46-32/h2-10,19,29,45H,11-18,20-22H2,1H3,(H,46,49)/t29-/m0/s1. The molecule has 0 bridgehead atoms. The summed E-state index contributed by atoms with van der Waals surface area (Å²) in [5.74, 6) is -5.74. The van der Waals surface area contributed by atoms with Crippen molar-refractivity contribution in [2.75, 3.05) is 45.9 Å². The average Bonchev–Trinajstić information content (AvgIpc) is 3.59. The highest BCUT2D eigenvalue weighted by molar-refractivity contribution is 7.13. The van der Waals surface area contributed by atoms with Crippen LogP contribution in [0.5, 0.6) is 5.75 Å². The number of carbonyl (C=O) groups is 3. The van der Waals surface area contributed by atoms with Gasteiger partial charge in [-0.3, -0.25) is 14.5 Å². The number of benzene rings is 2. The van der Waals surface area contributed by atoms with Crippen molar-refractivity contribution >= 4 is 40.1 Å². The van der Waals surface area contributed by atoms with Crippen LogP contribution in [0.1, 0.15) is 50.2 Å². The highest BCUT2D eigenvalue weighted by atomic mass is 32.1. The summed E-state index contributed by atoms with van der Waals surface area (Å²) in [5.41, 5.74) is 0.302. The van der Waals surface area contributed by atoms with Gasteiger partial charge in [0.05, 0.1) is 29.1 Å². The van der Waals surface area contributed by atoms with Gasteiger partial charge in [0.2, 0.25) is 5.56 Å². The molecule has 2 fully saturated rings. The van der Waals surface area contributed by atoms with Gasteiger partial charge in [-0.15, -0.1) is 11.3 Å². The molecule has 56 heavy (non-hydrogen) atoms.